The Hall–Kier alpha value is -1.50. The third-order valence-corrected chi connectivity index (χ3v) is 3.65. The molecule has 3 N–H and O–H groups in total. The largest absolute Gasteiger partial charge is 0.416 e. The lowest BCUT2D eigenvalue weighted by Crippen LogP contribution is -2.05. The molecular weight excluding hydrogens is 335 g/mol. The van der Waals surface area contributed by atoms with Crippen LogP contribution in [0.15, 0.2) is 22.7 Å². The van der Waals surface area contributed by atoms with E-state index in [1.807, 2.05) is 6.92 Å². The van der Waals surface area contributed by atoms with Crippen LogP contribution >= 0.6 is 15.9 Å². The highest BCUT2D eigenvalue weighted by atomic mass is 79.9. The number of halogens is 4. The average molecular weight is 348 g/mol. The molecule has 0 saturated heterocycles. The fourth-order valence-corrected chi connectivity index (χ4v) is 2.44. The molecule has 0 spiro atoms. The Labute approximate surface area is 122 Å². The van der Waals surface area contributed by atoms with E-state index in [1.54, 1.807) is 0 Å². The zero-order valence-electron chi connectivity index (χ0n) is 10.7. The predicted octanol–water partition coefficient (Wildman–Crippen LogP) is 4.39. The van der Waals surface area contributed by atoms with Crippen molar-refractivity contribution in [2.45, 2.75) is 25.9 Å². The van der Waals surface area contributed by atoms with Crippen molar-refractivity contribution < 1.29 is 13.2 Å². The van der Waals surface area contributed by atoms with Crippen LogP contribution in [0.1, 0.15) is 24.5 Å². The molecule has 2 rings (SSSR count). The zero-order valence-corrected chi connectivity index (χ0v) is 12.3. The van der Waals surface area contributed by atoms with Gasteiger partial charge in [-0.1, -0.05) is 29.3 Å². The minimum absolute atomic E-state index is 0.325. The number of nitrogens with zero attached hydrogens (tertiary/aromatic N) is 1. The van der Waals surface area contributed by atoms with Crippen LogP contribution in [-0.2, 0) is 12.6 Å². The van der Waals surface area contributed by atoms with Crippen molar-refractivity contribution in [3.63, 3.8) is 0 Å². The molecule has 0 aliphatic heterocycles. The smallest absolute Gasteiger partial charge is 0.382 e. The van der Waals surface area contributed by atoms with Crippen molar-refractivity contribution in [1.82, 2.24) is 10.2 Å². The molecule has 0 aliphatic rings. The molecule has 20 heavy (non-hydrogen) atoms. The van der Waals surface area contributed by atoms with E-state index in [-0.39, 0.29) is 0 Å². The summed E-state index contributed by atoms with van der Waals surface area (Å²) in [5.74, 6) is 0.325. The van der Waals surface area contributed by atoms with E-state index >= 15 is 0 Å². The van der Waals surface area contributed by atoms with E-state index < -0.39 is 11.7 Å². The second kappa shape index (κ2) is 5.47. The molecule has 2 aromatic rings. The highest BCUT2D eigenvalue weighted by Crippen LogP contribution is 2.37. The number of H-pyrrole nitrogens is 1. The molecule has 1 aromatic heterocycles. The number of aromatic amines is 1. The summed E-state index contributed by atoms with van der Waals surface area (Å²) < 4.78 is 39.0. The van der Waals surface area contributed by atoms with Crippen LogP contribution in [0.2, 0.25) is 0 Å². The normalized spacial score (nSPS) is 11.8. The maximum atomic E-state index is 12.8. The first kappa shape index (κ1) is 14.9. The second-order valence-electron chi connectivity index (χ2n) is 4.40. The molecule has 0 saturated carbocycles. The van der Waals surface area contributed by atoms with Crippen LogP contribution in [0.25, 0.3) is 11.3 Å². The van der Waals surface area contributed by atoms with Gasteiger partial charge in [0.25, 0.3) is 0 Å². The number of anilines is 1. The number of benzene rings is 1. The summed E-state index contributed by atoms with van der Waals surface area (Å²) in [4.78, 5) is 0. The van der Waals surface area contributed by atoms with Gasteiger partial charge in [0, 0.05) is 15.6 Å². The summed E-state index contributed by atoms with van der Waals surface area (Å²) in [6.45, 7) is 1.97. The Morgan fingerprint density at radius 2 is 2.05 bits per heavy atom. The number of nitrogens with two attached hydrogens (primary N) is 1. The number of nitrogen functional groups attached to an aromatic ring is 1. The Bertz CT molecular complexity index is 620. The minimum atomic E-state index is -4.38. The first-order chi connectivity index (χ1) is 9.34. The van der Waals surface area contributed by atoms with Crippen molar-refractivity contribution in [3.8, 4) is 11.3 Å². The highest BCUT2D eigenvalue weighted by Gasteiger charge is 2.31. The number of hydrogen-bond acceptors (Lipinski definition) is 2. The topological polar surface area (TPSA) is 54.7 Å². The highest BCUT2D eigenvalue weighted by molar-refractivity contribution is 9.10. The molecule has 0 fully saturated rings. The van der Waals surface area contributed by atoms with Crippen molar-refractivity contribution in [2.24, 2.45) is 0 Å². The Morgan fingerprint density at radius 3 is 2.65 bits per heavy atom. The van der Waals surface area contributed by atoms with Crippen LogP contribution in [0.3, 0.4) is 0 Å². The van der Waals surface area contributed by atoms with Crippen LogP contribution in [-0.4, -0.2) is 10.2 Å². The quantitative estimate of drug-likeness (QED) is 0.864. The molecule has 7 heteroatoms. The summed E-state index contributed by atoms with van der Waals surface area (Å²) >= 11 is 3.27. The maximum Gasteiger partial charge on any atom is 0.416 e. The number of aromatic nitrogens is 2. The summed E-state index contributed by atoms with van der Waals surface area (Å²) in [7, 11) is 0. The maximum absolute atomic E-state index is 12.8. The van der Waals surface area contributed by atoms with E-state index in [0.717, 1.165) is 24.1 Å². The van der Waals surface area contributed by atoms with Gasteiger partial charge in [-0.3, -0.25) is 5.10 Å². The van der Waals surface area contributed by atoms with E-state index in [9.17, 15) is 13.2 Å². The monoisotopic (exact) mass is 347 g/mol. The van der Waals surface area contributed by atoms with Crippen LogP contribution in [0, 0.1) is 0 Å². The van der Waals surface area contributed by atoms with Gasteiger partial charge in [-0.05, 0) is 24.6 Å². The van der Waals surface area contributed by atoms with Gasteiger partial charge in [-0.25, -0.2) is 0 Å². The number of alkyl halides is 3. The summed E-state index contributed by atoms with van der Waals surface area (Å²) in [6, 6.07) is 3.51. The second-order valence-corrected chi connectivity index (χ2v) is 5.26. The third-order valence-electron chi connectivity index (χ3n) is 2.96. The van der Waals surface area contributed by atoms with E-state index in [0.29, 0.717) is 28.0 Å². The molecule has 0 atom stereocenters. The molecule has 3 nitrogen and oxygen atoms in total. The zero-order chi connectivity index (χ0) is 14.9. The van der Waals surface area contributed by atoms with Crippen molar-refractivity contribution in [2.75, 3.05) is 5.73 Å². The fraction of sp³-hybridized carbons (Fsp3) is 0.308. The van der Waals surface area contributed by atoms with Crippen molar-refractivity contribution >= 4 is 21.7 Å². The van der Waals surface area contributed by atoms with Crippen LogP contribution in [0.4, 0.5) is 19.0 Å². The predicted molar refractivity (Wildman–Crippen MR) is 75.1 cm³/mol. The van der Waals surface area contributed by atoms with Gasteiger partial charge < -0.3 is 5.73 Å². The number of nitrogens with one attached hydrogen (secondary N) is 1. The SMILES string of the molecule is CCCc1c(N)n[nH]c1-c1cc(C(F)(F)F)ccc1Br. The molecule has 0 radical (unpaired) electrons. The van der Waals surface area contributed by atoms with E-state index in [2.05, 4.69) is 26.1 Å². The molecular formula is C13H13BrF3N3. The number of rotatable bonds is 3. The average Bonchev–Trinajstić information content (AvgIpc) is 2.71. The van der Waals surface area contributed by atoms with Gasteiger partial charge in [0.15, 0.2) is 0 Å². The van der Waals surface area contributed by atoms with Gasteiger partial charge in [0.05, 0.1) is 11.3 Å². The lowest BCUT2D eigenvalue weighted by atomic mass is 10.0. The van der Waals surface area contributed by atoms with Crippen LogP contribution < -0.4 is 5.73 Å². The lowest BCUT2D eigenvalue weighted by molar-refractivity contribution is -0.137. The third kappa shape index (κ3) is 2.82. The summed E-state index contributed by atoms with van der Waals surface area (Å²) in [5.41, 5.74) is 6.74. The van der Waals surface area contributed by atoms with Crippen molar-refractivity contribution in [1.29, 1.82) is 0 Å². The summed E-state index contributed by atoms with van der Waals surface area (Å²) in [6.07, 6.45) is -2.90. The molecule has 1 heterocycles. The van der Waals surface area contributed by atoms with Gasteiger partial charge in [-0.2, -0.15) is 18.3 Å². The van der Waals surface area contributed by atoms with Gasteiger partial charge in [0.1, 0.15) is 5.82 Å². The van der Waals surface area contributed by atoms with Crippen LogP contribution in [0.5, 0.6) is 0 Å². The first-order valence-electron chi connectivity index (χ1n) is 6.04. The Morgan fingerprint density at radius 1 is 1.35 bits per heavy atom. The molecule has 0 amide bonds. The molecule has 1 aromatic carbocycles. The molecule has 0 bridgehead atoms. The summed E-state index contributed by atoms with van der Waals surface area (Å²) in [5, 5.41) is 6.62. The van der Waals surface area contributed by atoms with E-state index in [4.69, 9.17) is 5.73 Å². The Kier molecular flexibility index (Phi) is 4.08. The molecule has 0 unspecified atom stereocenters. The standard InChI is InChI=1S/C13H13BrF3N3/c1-2-3-8-11(19-20-12(8)18)9-6-7(13(15,16)17)4-5-10(9)14/h4-6H,2-3H2,1H3,(H3,18,19,20). The van der Waals surface area contributed by atoms with Gasteiger partial charge in [0.2, 0.25) is 0 Å². The number of hydrogen-bond donors (Lipinski definition) is 2. The fourth-order valence-electron chi connectivity index (χ4n) is 2.00. The Balaban J connectivity index is 2.58. The van der Waals surface area contributed by atoms with Gasteiger partial charge in [-0.15, -0.1) is 0 Å². The van der Waals surface area contributed by atoms with Gasteiger partial charge >= 0.3 is 6.18 Å². The molecule has 0 aliphatic carbocycles. The molecule has 108 valence electrons. The lowest BCUT2D eigenvalue weighted by Gasteiger charge is -2.11. The first-order valence-corrected chi connectivity index (χ1v) is 6.83. The van der Waals surface area contributed by atoms with E-state index in [1.165, 1.54) is 6.07 Å². The van der Waals surface area contributed by atoms with Crippen molar-refractivity contribution in [3.05, 3.63) is 33.8 Å². The minimum Gasteiger partial charge on any atom is -0.382 e.